The van der Waals surface area contributed by atoms with Crippen molar-refractivity contribution in [3.05, 3.63) is 23.3 Å². The molecule has 1 aromatic rings. The molecule has 0 amide bonds. The van der Waals surface area contributed by atoms with Gasteiger partial charge in [-0.1, -0.05) is 0 Å². The molecule has 1 N–H and O–H groups in total. The van der Waals surface area contributed by atoms with E-state index in [-0.39, 0.29) is 0 Å². The fourth-order valence-corrected chi connectivity index (χ4v) is 1.74. The summed E-state index contributed by atoms with van der Waals surface area (Å²) in [5.41, 5.74) is 2.59. The summed E-state index contributed by atoms with van der Waals surface area (Å²) in [5.74, 6) is 1.74. The second-order valence-electron chi connectivity index (χ2n) is 4.03. The molecule has 0 spiro atoms. The molecule has 2 rings (SSSR count). The van der Waals surface area contributed by atoms with E-state index in [2.05, 4.69) is 31.3 Å². The molecule has 3 heteroatoms. The van der Waals surface area contributed by atoms with Crippen LogP contribution in [0.3, 0.4) is 0 Å². The van der Waals surface area contributed by atoms with Crippen molar-refractivity contribution in [2.75, 3.05) is 13.8 Å². The maximum Gasteiger partial charge on any atom is 0.231 e. The van der Waals surface area contributed by atoms with Gasteiger partial charge in [-0.05, 0) is 50.6 Å². The first-order valence-corrected chi connectivity index (χ1v) is 5.27. The zero-order valence-corrected chi connectivity index (χ0v) is 9.46. The average Bonchev–Trinajstić information content (AvgIpc) is 2.65. The zero-order valence-electron chi connectivity index (χ0n) is 9.46. The molecular formula is C12H17NO2. The summed E-state index contributed by atoms with van der Waals surface area (Å²) in [7, 11) is 1.98. The van der Waals surface area contributed by atoms with Gasteiger partial charge >= 0.3 is 0 Å². The number of nitrogens with one attached hydrogen (secondary N) is 1. The van der Waals surface area contributed by atoms with E-state index >= 15 is 0 Å². The quantitative estimate of drug-likeness (QED) is 0.820. The predicted molar refractivity (Wildman–Crippen MR) is 59.5 cm³/mol. The zero-order chi connectivity index (χ0) is 10.8. The smallest absolute Gasteiger partial charge is 0.231 e. The molecule has 15 heavy (non-hydrogen) atoms. The molecule has 0 saturated heterocycles. The average molecular weight is 207 g/mol. The third kappa shape index (κ3) is 2.07. The third-order valence-electron chi connectivity index (χ3n) is 2.85. The molecule has 0 radical (unpaired) electrons. The highest BCUT2D eigenvalue weighted by atomic mass is 16.7. The summed E-state index contributed by atoms with van der Waals surface area (Å²) in [6.45, 7) is 4.63. The number of hydrogen-bond donors (Lipinski definition) is 1. The first kappa shape index (κ1) is 10.3. The number of benzene rings is 1. The summed E-state index contributed by atoms with van der Waals surface area (Å²) in [6.07, 6.45) is 1.01. The van der Waals surface area contributed by atoms with E-state index in [9.17, 15) is 0 Å². The van der Waals surface area contributed by atoms with Crippen LogP contribution in [0, 0.1) is 6.92 Å². The third-order valence-corrected chi connectivity index (χ3v) is 2.85. The lowest BCUT2D eigenvalue weighted by molar-refractivity contribution is 0.174. The Bertz CT molecular complexity index is 363. The van der Waals surface area contributed by atoms with Crippen LogP contribution in [0.15, 0.2) is 12.1 Å². The van der Waals surface area contributed by atoms with Crippen molar-refractivity contribution in [2.24, 2.45) is 0 Å². The maximum atomic E-state index is 5.37. The van der Waals surface area contributed by atoms with E-state index in [0.29, 0.717) is 12.8 Å². The molecule has 1 unspecified atom stereocenters. The number of rotatable bonds is 3. The van der Waals surface area contributed by atoms with Gasteiger partial charge in [-0.25, -0.2) is 0 Å². The highest BCUT2D eigenvalue weighted by Gasteiger charge is 2.16. The Morgan fingerprint density at radius 2 is 2.00 bits per heavy atom. The van der Waals surface area contributed by atoms with E-state index in [0.717, 1.165) is 17.9 Å². The number of ether oxygens (including phenoxy) is 2. The summed E-state index contributed by atoms with van der Waals surface area (Å²) in [4.78, 5) is 0. The van der Waals surface area contributed by atoms with Gasteiger partial charge in [0.1, 0.15) is 0 Å². The van der Waals surface area contributed by atoms with Crippen molar-refractivity contribution in [2.45, 2.75) is 26.3 Å². The van der Waals surface area contributed by atoms with Crippen molar-refractivity contribution >= 4 is 0 Å². The number of aryl methyl sites for hydroxylation is 1. The molecule has 1 aromatic carbocycles. The predicted octanol–water partition coefficient (Wildman–Crippen LogP) is 1.87. The van der Waals surface area contributed by atoms with E-state index in [1.54, 1.807) is 0 Å². The minimum absolute atomic E-state index is 0.347. The Balaban J connectivity index is 2.24. The molecule has 1 heterocycles. The van der Waals surface area contributed by atoms with Crippen LogP contribution >= 0.6 is 0 Å². The number of hydrogen-bond acceptors (Lipinski definition) is 3. The van der Waals surface area contributed by atoms with Crippen LogP contribution in [-0.2, 0) is 6.42 Å². The minimum atomic E-state index is 0.347. The van der Waals surface area contributed by atoms with Crippen molar-refractivity contribution in [3.8, 4) is 11.5 Å². The van der Waals surface area contributed by atoms with Gasteiger partial charge in [-0.15, -0.1) is 0 Å². The number of fused-ring (bicyclic) bond motifs is 1. The highest BCUT2D eigenvalue weighted by Crippen LogP contribution is 2.34. The standard InChI is InChI=1S/C12H17NO2/c1-8-4-11-12(15-7-14-11)6-10(8)5-9(2)13-3/h4,6,9,13H,5,7H2,1-3H3. The first-order valence-electron chi connectivity index (χ1n) is 5.27. The van der Waals surface area contributed by atoms with E-state index < -0.39 is 0 Å². The second kappa shape index (κ2) is 4.11. The van der Waals surface area contributed by atoms with Gasteiger partial charge in [-0.2, -0.15) is 0 Å². The van der Waals surface area contributed by atoms with Crippen molar-refractivity contribution in [3.63, 3.8) is 0 Å². The van der Waals surface area contributed by atoms with Crippen LogP contribution < -0.4 is 14.8 Å². The topological polar surface area (TPSA) is 30.5 Å². The van der Waals surface area contributed by atoms with E-state index in [1.807, 2.05) is 7.05 Å². The molecule has 0 fully saturated rings. The Labute approximate surface area is 90.4 Å². The van der Waals surface area contributed by atoms with E-state index in [4.69, 9.17) is 9.47 Å². The molecule has 0 saturated carbocycles. The van der Waals surface area contributed by atoms with Crippen molar-refractivity contribution < 1.29 is 9.47 Å². The summed E-state index contributed by atoms with van der Waals surface area (Å²) in [6, 6.07) is 4.62. The van der Waals surface area contributed by atoms with Crippen LogP contribution in [0.4, 0.5) is 0 Å². The fourth-order valence-electron chi connectivity index (χ4n) is 1.74. The molecule has 1 aliphatic heterocycles. The second-order valence-corrected chi connectivity index (χ2v) is 4.03. The van der Waals surface area contributed by atoms with Gasteiger partial charge in [0.05, 0.1) is 0 Å². The number of likely N-dealkylation sites (N-methyl/N-ethyl adjacent to an activating group) is 1. The van der Waals surface area contributed by atoms with Gasteiger partial charge < -0.3 is 14.8 Å². The molecule has 0 bridgehead atoms. The SMILES string of the molecule is CNC(C)Cc1cc2c(cc1C)OCO2. The minimum Gasteiger partial charge on any atom is -0.454 e. The van der Waals surface area contributed by atoms with Crippen LogP contribution in [-0.4, -0.2) is 19.9 Å². The summed E-state index contributed by atoms with van der Waals surface area (Å²) in [5, 5.41) is 3.24. The summed E-state index contributed by atoms with van der Waals surface area (Å²) < 4.78 is 10.7. The van der Waals surface area contributed by atoms with Gasteiger partial charge in [-0.3, -0.25) is 0 Å². The van der Waals surface area contributed by atoms with Gasteiger partial charge in [0.25, 0.3) is 0 Å². The van der Waals surface area contributed by atoms with Crippen LogP contribution in [0.25, 0.3) is 0 Å². The lowest BCUT2D eigenvalue weighted by Crippen LogP contribution is -2.23. The normalized spacial score (nSPS) is 15.4. The highest BCUT2D eigenvalue weighted by molar-refractivity contribution is 5.48. The van der Waals surface area contributed by atoms with Crippen LogP contribution in [0.1, 0.15) is 18.1 Å². The Morgan fingerprint density at radius 1 is 1.33 bits per heavy atom. The molecule has 1 aliphatic rings. The Morgan fingerprint density at radius 3 is 2.67 bits per heavy atom. The molecule has 3 nitrogen and oxygen atoms in total. The Hall–Kier alpha value is -1.22. The van der Waals surface area contributed by atoms with Crippen LogP contribution in [0.5, 0.6) is 11.5 Å². The lowest BCUT2D eigenvalue weighted by Gasteiger charge is -2.12. The monoisotopic (exact) mass is 207 g/mol. The maximum absolute atomic E-state index is 5.37. The van der Waals surface area contributed by atoms with Gasteiger partial charge in [0.2, 0.25) is 6.79 Å². The first-order chi connectivity index (χ1) is 7.20. The molecule has 0 aromatic heterocycles. The summed E-state index contributed by atoms with van der Waals surface area (Å²) >= 11 is 0. The van der Waals surface area contributed by atoms with Crippen molar-refractivity contribution in [1.29, 1.82) is 0 Å². The van der Waals surface area contributed by atoms with Gasteiger partial charge in [0.15, 0.2) is 11.5 Å². The fraction of sp³-hybridized carbons (Fsp3) is 0.500. The lowest BCUT2D eigenvalue weighted by atomic mass is 10.0. The molecule has 0 aliphatic carbocycles. The largest absolute Gasteiger partial charge is 0.454 e. The van der Waals surface area contributed by atoms with E-state index in [1.165, 1.54) is 11.1 Å². The van der Waals surface area contributed by atoms with Crippen LogP contribution in [0.2, 0.25) is 0 Å². The Kier molecular flexibility index (Phi) is 2.82. The molecule has 82 valence electrons. The van der Waals surface area contributed by atoms with Crippen molar-refractivity contribution in [1.82, 2.24) is 5.32 Å². The molecular weight excluding hydrogens is 190 g/mol. The molecule has 1 atom stereocenters. The van der Waals surface area contributed by atoms with Gasteiger partial charge in [0, 0.05) is 6.04 Å².